The number of ketones is 1. The van der Waals surface area contributed by atoms with Gasteiger partial charge in [-0.15, -0.1) is 0 Å². The molecule has 0 amide bonds. The van der Waals surface area contributed by atoms with Gasteiger partial charge in [-0.1, -0.05) is 54.2 Å². The highest BCUT2D eigenvalue weighted by Crippen LogP contribution is 2.27. The van der Waals surface area contributed by atoms with Crippen LogP contribution in [0.4, 0.5) is 0 Å². The first-order valence-corrected chi connectivity index (χ1v) is 10.2. The fourth-order valence-corrected chi connectivity index (χ4v) is 3.54. The number of carbonyl (C=O) groups is 3. The van der Waals surface area contributed by atoms with Gasteiger partial charge in [-0.25, -0.2) is 0 Å². The van der Waals surface area contributed by atoms with Gasteiger partial charge in [0.2, 0.25) is 0 Å². The van der Waals surface area contributed by atoms with Crippen molar-refractivity contribution in [2.45, 2.75) is 19.4 Å². The van der Waals surface area contributed by atoms with E-state index < -0.39 is 18.0 Å². The molecule has 0 saturated carbocycles. The van der Waals surface area contributed by atoms with Crippen LogP contribution >= 0.6 is 11.8 Å². The molecule has 2 rings (SSSR count). The van der Waals surface area contributed by atoms with Gasteiger partial charge in [0.15, 0.2) is 17.0 Å². The van der Waals surface area contributed by atoms with Gasteiger partial charge in [0.1, 0.15) is 5.75 Å². The second-order valence-corrected chi connectivity index (χ2v) is 7.64. The number of hydrogen-bond donors (Lipinski definition) is 1. The van der Waals surface area contributed by atoms with E-state index in [-0.39, 0.29) is 17.4 Å². The lowest BCUT2D eigenvalue weighted by molar-refractivity contribution is -0.155. The molecule has 0 aliphatic carbocycles. The number of Topliss-reactive ketones (excluding diaryl/α,β-unsaturated/α-hetero) is 1. The maximum absolute atomic E-state index is 13.4. The van der Waals surface area contributed by atoms with E-state index in [1.807, 2.05) is 30.3 Å². The van der Waals surface area contributed by atoms with E-state index in [0.717, 1.165) is 17.3 Å². The van der Waals surface area contributed by atoms with Crippen LogP contribution in [0.1, 0.15) is 24.2 Å². The minimum atomic E-state index is -1.07. The van der Waals surface area contributed by atoms with Gasteiger partial charge in [-0.05, 0) is 29.7 Å². The highest BCUT2D eigenvalue weighted by Gasteiger charge is 2.31. The molecular weight excluding hydrogens is 390 g/mol. The second kappa shape index (κ2) is 11.4. The largest absolute Gasteiger partial charge is 0.497 e. The Morgan fingerprint density at radius 2 is 1.69 bits per heavy atom. The molecule has 2 N–H and O–H groups in total. The average molecular weight is 416 g/mol. The Kier molecular flexibility index (Phi) is 8.89. The number of hydrogen-bond acceptors (Lipinski definition) is 7. The van der Waals surface area contributed by atoms with Crippen LogP contribution in [0.25, 0.3) is 0 Å². The van der Waals surface area contributed by atoms with Gasteiger partial charge >= 0.3 is 5.97 Å². The van der Waals surface area contributed by atoms with Crippen molar-refractivity contribution < 1.29 is 23.9 Å². The van der Waals surface area contributed by atoms with E-state index in [4.69, 9.17) is 15.2 Å². The summed E-state index contributed by atoms with van der Waals surface area (Å²) in [6.45, 7) is 1.14. The van der Waals surface area contributed by atoms with E-state index in [9.17, 15) is 14.4 Å². The lowest BCUT2D eigenvalue weighted by Crippen LogP contribution is -2.31. The Hall–Kier alpha value is -2.64. The summed E-state index contributed by atoms with van der Waals surface area (Å²) in [5.74, 6) is -0.428. The minimum absolute atomic E-state index is 0.0762. The number of methoxy groups -OCH3 is 1. The smallest absolute Gasteiger partial charge is 0.320 e. The fraction of sp³-hybridized carbons (Fsp3) is 0.318. The van der Waals surface area contributed by atoms with Crippen LogP contribution in [0.2, 0.25) is 0 Å². The summed E-state index contributed by atoms with van der Waals surface area (Å²) in [5, 5.41) is -0.0762. The van der Waals surface area contributed by atoms with Crippen molar-refractivity contribution >= 4 is 28.6 Å². The third kappa shape index (κ3) is 7.03. The maximum atomic E-state index is 13.4. The predicted molar refractivity (Wildman–Crippen MR) is 113 cm³/mol. The first-order valence-electron chi connectivity index (χ1n) is 9.19. The van der Waals surface area contributed by atoms with Gasteiger partial charge in [0.05, 0.1) is 13.7 Å². The average Bonchev–Trinajstić information content (AvgIpc) is 2.75. The molecule has 2 unspecified atom stereocenters. The Morgan fingerprint density at radius 1 is 1.03 bits per heavy atom. The highest BCUT2D eigenvalue weighted by atomic mass is 32.2. The Balaban J connectivity index is 2.29. The van der Waals surface area contributed by atoms with Crippen LogP contribution in [0.5, 0.6) is 5.75 Å². The minimum Gasteiger partial charge on any atom is -0.497 e. The molecule has 29 heavy (non-hydrogen) atoms. The molecule has 0 spiro atoms. The molecule has 154 valence electrons. The summed E-state index contributed by atoms with van der Waals surface area (Å²) in [6, 6.07) is 16.2. The molecule has 2 aromatic carbocycles. The molecule has 0 heterocycles. The van der Waals surface area contributed by atoms with Crippen LogP contribution in [0.15, 0.2) is 54.6 Å². The third-order valence-electron chi connectivity index (χ3n) is 4.31. The van der Waals surface area contributed by atoms with Crippen molar-refractivity contribution in [2.75, 3.05) is 19.4 Å². The summed E-state index contributed by atoms with van der Waals surface area (Å²) in [5.41, 5.74) is 6.87. The quantitative estimate of drug-likeness (QED) is 0.596. The van der Waals surface area contributed by atoms with Crippen LogP contribution in [0, 0.1) is 5.92 Å². The number of thioether (sulfide) groups is 1. The van der Waals surface area contributed by atoms with Gasteiger partial charge in [0.25, 0.3) is 0 Å². The highest BCUT2D eigenvalue weighted by molar-refractivity contribution is 8.13. The molecule has 0 aliphatic rings. The zero-order valence-electron chi connectivity index (χ0n) is 16.5. The van der Waals surface area contributed by atoms with Gasteiger partial charge in [-0.2, -0.15) is 0 Å². The fourth-order valence-electron chi connectivity index (χ4n) is 2.82. The van der Waals surface area contributed by atoms with Crippen LogP contribution in [0.3, 0.4) is 0 Å². The topological polar surface area (TPSA) is 95.7 Å². The molecule has 7 heteroatoms. The summed E-state index contributed by atoms with van der Waals surface area (Å²) in [4.78, 5) is 36.7. The van der Waals surface area contributed by atoms with Crippen molar-refractivity contribution in [1.29, 1.82) is 0 Å². The summed E-state index contributed by atoms with van der Waals surface area (Å²) < 4.78 is 10.5. The second-order valence-electron chi connectivity index (χ2n) is 6.44. The number of benzene rings is 2. The van der Waals surface area contributed by atoms with E-state index in [1.54, 1.807) is 31.4 Å². The standard InChI is InChI=1S/C22H25NO5S/c1-15(24)29-14-18(12-16-8-10-19(27-2)11-9-16)21(26)22(28-20(25)13-23)17-6-4-3-5-7-17/h3-11,18,22H,12-14,23H2,1-2H3. The van der Waals surface area contributed by atoms with E-state index in [1.165, 1.54) is 6.92 Å². The molecule has 2 aromatic rings. The molecule has 0 bridgehead atoms. The predicted octanol–water partition coefficient (Wildman–Crippen LogP) is 2.95. The number of carbonyl (C=O) groups excluding carboxylic acids is 3. The van der Waals surface area contributed by atoms with Crippen molar-refractivity contribution in [3.8, 4) is 5.75 Å². The lowest BCUT2D eigenvalue weighted by atomic mass is 9.91. The molecule has 0 fully saturated rings. The normalized spacial score (nSPS) is 12.7. The van der Waals surface area contributed by atoms with Crippen LogP contribution in [-0.4, -0.2) is 36.3 Å². The number of nitrogens with two attached hydrogens (primary N) is 1. The molecule has 0 radical (unpaired) electrons. The van der Waals surface area contributed by atoms with Gasteiger partial charge in [-0.3, -0.25) is 14.4 Å². The Labute approximate surface area is 174 Å². The molecule has 2 atom stereocenters. The first-order chi connectivity index (χ1) is 13.9. The maximum Gasteiger partial charge on any atom is 0.320 e. The van der Waals surface area contributed by atoms with E-state index in [2.05, 4.69) is 0 Å². The summed E-state index contributed by atoms with van der Waals surface area (Å²) in [7, 11) is 1.58. The zero-order chi connectivity index (χ0) is 21.2. The molecule has 6 nitrogen and oxygen atoms in total. The van der Waals surface area contributed by atoms with Crippen molar-refractivity contribution in [3.05, 3.63) is 65.7 Å². The Bertz CT molecular complexity index is 823. The van der Waals surface area contributed by atoms with Crippen LogP contribution in [-0.2, 0) is 25.5 Å². The lowest BCUT2D eigenvalue weighted by Gasteiger charge is -2.23. The zero-order valence-corrected chi connectivity index (χ0v) is 17.3. The third-order valence-corrected chi connectivity index (χ3v) is 5.28. The summed E-state index contributed by atoms with van der Waals surface area (Å²) >= 11 is 1.08. The van der Waals surface area contributed by atoms with Gasteiger partial charge in [0, 0.05) is 18.6 Å². The SMILES string of the molecule is COc1ccc(CC(CSC(C)=O)C(=O)C(OC(=O)CN)c2ccccc2)cc1. The van der Waals surface area contributed by atoms with Gasteiger partial charge < -0.3 is 15.2 Å². The molecule has 0 saturated heterocycles. The van der Waals surface area contributed by atoms with E-state index >= 15 is 0 Å². The molecule has 0 aliphatic heterocycles. The molecular formula is C22H25NO5S. The number of ether oxygens (including phenoxy) is 2. The monoisotopic (exact) mass is 415 g/mol. The number of esters is 1. The van der Waals surface area contributed by atoms with Crippen molar-refractivity contribution in [2.24, 2.45) is 11.7 Å². The summed E-state index contributed by atoms with van der Waals surface area (Å²) in [6.07, 6.45) is -0.657. The first kappa shape index (κ1) is 22.6. The van der Waals surface area contributed by atoms with Crippen LogP contribution < -0.4 is 10.5 Å². The Morgan fingerprint density at radius 3 is 2.24 bits per heavy atom. The molecule has 0 aromatic heterocycles. The van der Waals surface area contributed by atoms with Crippen molar-refractivity contribution in [3.63, 3.8) is 0 Å². The number of rotatable bonds is 10. The van der Waals surface area contributed by atoms with E-state index in [0.29, 0.717) is 23.5 Å². The van der Waals surface area contributed by atoms with Crippen molar-refractivity contribution in [1.82, 2.24) is 0 Å².